The van der Waals surface area contributed by atoms with Crippen molar-refractivity contribution < 1.29 is 14.3 Å². The highest BCUT2D eigenvalue weighted by atomic mass is 16.5. The third-order valence-corrected chi connectivity index (χ3v) is 5.29. The number of aromatic nitrogens is 2. The van der Waals surface area contributed by atoms with Crippen molar-refractivity contribution in [3.63, 3.8) is 0 Å². The number of fused-ring (bicyclic) bond motifs is 1. The molecule has 1 atom stereocenters. The second-order valence-electron chi connectivity index (χ2n) is 7.48. The first-order valence-electron chi connectivity index (χ1n) is 10.8. The Labute approximate surface area is 187 Å². The van der Waals surface area contributed by atoms with Gasteiger partial charge in [-0.15, -0.1) is 0 Å². The Bertz CT molecular complexity index is 1170. The van der Waals surface area contributed by atoms with Crippen molar-refractivity contribution in [3.8, 4) is 5.75 Å². The summed E-state index contributed by atoms with van der Waals surface area (Å²) in [5.74, 6) is 1.15. The van der Waals surface area contributed by atoms with Crippen LogP contribution in [0.5, 0.6) is 5.75 Å². The lowest BCUT2D eigenvalue weighted by molar-refractivity contribution is -0.140. The molecule has 4 rings (SSSR count). The fourth-order valence-corrected chi connectivity index (χ4v) is 3.65. The Hall–Kier alpha value is -3.80. The number of esters is 1. The molecule has 0 spiro atoms. The Morgan fingerprint density at radius 3 is 2.47 bits per heavy atom. The van der Waals surface area contributed by atoms with Crippen LogP contribution in [-0.2, 0) is 16.1 Å². The molecular formula is C26H27N3O3. The molecule has 2 aromatic heterocycles. The predicted octanol–water partition coefficient (Wildman–Crippen LogP) is 5.04. The minimum Gasteiger partial charge on any atom is -0.485 e. The normalized spacial score (nSPS) is 11.8. The monoisotopic (exact) mass is 429 g/mol. The molecule has 0 aliphatic carbocycles. The van der Waals surface area contributed by atoms with Crippen LogP contribution in [0.15, 0.2) is 79.0 Å². The highest BCUT2D eigenvalue weighted by Gasteiger charge is 2.22. The minimum atomic E-state index is -0.308. The summed E-state index contributed by atoms with van der Waals surface area (Å²) in [4.78, 5) is 17.0. The van der Waals surface area contributed by atoms with Crippen LogP contribution >= 0.6 is 0 Å². The van der Waals surface area contributed by atoms with E-state index in [1.54, 1.807) is 6.92 Å². The largest absolute Gasteiger partial charge is 0.485 e. The minimum absolute atomic E-state index is 0.0165. The van der Waals surface area contributed by atoms with Crippen LogP contribution in [0, 0.1) is 0 Å². The summed E-state index contributed by atoms with van der Waals surface area (Å²) in [6.07, 6.45) is 1.92. The molecule has 0 saturated carbocycles. The standard InChI is InChI=1S/C26H27N3O3/c1-3-31-23(30)17-27-26-24(19(2)21-13-8-5-9-14-21)28-25-22(15-10-16-29(25)26)32-18-20-11-6-4-7-12-20/h4-16,19,27H,3,17-18H2,1-2H3. The molecule has 2 aromatic carbocycles. The van der Waals surface area contributed by atoms with Crippen LogP contribution in [-0.4, -0.2) is 28.5 Å². The molecule has 0 amide bonds. The van der Waals surface area contributed by atoms with Crippen molar-refractivity contribution in [1.29, 1.82) is 0 Å². The van der Waals surface area contributed by atoms with Crippen LogP contribution in [0.4, 0.5) is 5.82 Å². The Kier molecular flexibility index (Phi) is 6.70. The topological polar surface area (TPSA) is 64.9 Å². The molecule has 0 aliphatic rings. The average molecular weight is 430 g/mol. The van der Waals surface area contributed by atoms with Gasteiger partial charge in [0.2, 0.25) is 0 Å². The number of ether oxygens (including phenoxy) is 2. The number of nitrogens with zero attached hydrogens (tertiary/aromatic N) is 2. The van der Waals surface area contributed by atoms with Gasteiger partial charge in [-0.05, 0) is 30.2 Å². The summed E-state index contributed by atoms with van der Waals surface area (Å²) in [6, 6.07) is 24.0. The molecule has 32 heavy (non-hydrogen) atoms. The van der Waals surface area contributed by atoms with Gasteiger partial charge >= 0.3 is 5.97 Å². The van der Waals surface area contributed by atoms with Gasteiger partial charge in [-0.25, -0.2) is 4.98 Å². The van der Waals surface area contributed by atoms with Gasteiger partial charge in [0.1, 0.15) is 19.0 Å². The maximum Gasteiger partial charge on any atom is 0.325 e. The Morgan fingerprint density at radius 1 is 1.03 bits per heavy atom. The van der Waals surface area contributed by atoms with Gasteiger partial charge in [0.15, 0.2) is 11.4 Å². The average Bonchev–Trinajstić information content (AvgIpc) is 3.21. The van der Waals surface area contributed by atoms with Gasteiger partial charge < -0.3 is 14.8 Å². The molecule has 0 aliphatic heterocycles. The molecule has 6 nitrogen and oxygen atoms in total. The van der Waals surface area contributed by atoms with E-state index in [0.717, 1.165) is 22.6 Å². The zero-order valence-electron chi connectivity index (χ0n) is 18.3. The zero-order chi connectivity index (χ0) is 22.3. The Balaban J connectivity index is 1.70. The number of hydrogen-bond donors (Lipinski definition) is 1. The molecule has 1 unspecified atom stereocenters. The van der Waals surface area contributed by atoms with E-state index in [2.05, 4.69) is 24.4 Å². The number of rotatable bonds is 9. The van der Waals surface area contributed by atoms with Gasteiger partial charge in [-0.2, -0.15) is 0 Å². The highest BCUT2D eigenvalue weighted by molar-refractivity contribution is 5.76. The SMILES string of the molecule is CCOC(=O)CNc1c(C(C)c2ccccc2)nc2c(OCc3ccccc3)cccn12. The Morgan fingerprint density at radius 2 is 1.75 bits per heavy atom. The van der Waals surface area contributed by atoms with E-state index in [4.69, 9.17) is 14.5 Å². The van der Waals surface area contributed by atoms with Crippen LogP contribution in [0.3, 0.4) is 0 Å². The molecule has 164 valence electrons. The molecule has 0 bridgehead atoms. The van der Waals surface area contributed by atoms with Gasteiger partial charge in [0, 0.05) is 12.1 Å². The maximum absolute atomic E-state index is 12.0. The summed E-state index contributed by atoms with van der Waals surface area (Å²) in [5.41, 5.74) is 3.77. The van der Waals surface area contributed by atoms with Crippen LogP contribution in [0.1, 0.15) is 36.6 Å². The van der Waals surface area contributed by atoms with Gasteiger partial charge in [0.05, 0.1) is 12.3 Å². The summed E-state index contributed by atoms with van der Waals surface area (Å²) in [5, 5.41) is 3.24. The van der Waals surface area contributed by atoms with Crippen molar-refractivity contribution >= 4 is 17.4 Å². The van der Waals surface area contributed by atoms with E-state index >= 15 is 0 Å². The second kappa shape index (κ2) is 10.0. The predicted molar refractivity (Wildman–Crippen MR) is 125 cm³/mol. The second-order valence-corrected chi connectivity index (χ2v) is 7.48. The molecule has 4 aromatic rings. The molecule has 2 heterocycles. The van der Waals surface area contributed by atoms with Gasteiger partial charge in [0.25, 0.3) is 0 Å². The van der Waals surface area contributed by atoms with E-state index in [1.807, 2.05) is 71.3 Å². The van der Waals surface area contributed by atoms with E-state index in [-0.39, 0.29) is 18.4 Å². The smallest absolute Gasteiger partial charge is 0.325 e. The van der Waals surface area contributed by atoms with Crippen LogP contribution < -0.4 is 10.1 Å². The quantitative estimate of drug-likeness (QED) is 0.378. The summed E-state index contributed by atoms with van der Waals surface area (Å²) >= 11 is 0. The maximum atomic E-state index is 12.0. The van der Waals surface area contributed by atoms with E-state index in [1.165, 1.54) is 0 Å². The lowest BCUT2D eigenvalue weighted by atomic mass is 9.98. The lowest BCUT2D eigenvalue weighted by Gasteiger charge is -2.13. The van der Waals surface area contributed by atoms with E-state index in [9.17, 15) is 4.79 Å². The third-order valence-electron chi connectivity index (χ3n) is 5.29. The van der Waals surface area contributed by atoms with Crippen molar-refractivity contribution in [2.75, 3.05) is 18.5 Å². The fraction of sp³-hybridized carbons (Fsp3) is 0.231. The zero-order valence-corrected chi connectivity index (χ0v) is 18.3. The molecule has 0 radical (unpaired) electrons. The number of hydrogen-bond acceptors (Lipinski definition) is 5. The fourth-order valence-electron chi connectivity index (χ4n) is 3.65. The summed E-state index contributed by atoms with van der Waals surface area (Å²) < 4.78 is 13.2. The first-order chi connectivity index (χ1) is 15.7. The first kappa shape index (κ1) is 21.4. The number of benzene rings is 2. The van der Waals surface area contributed by atoms with Crippen molar-refractivity contribution in [2.45, 2.75) is 26.4 Å². The third kappa shape index (κ3) is 4.75. The summed E-state index contributed by atoms with van der Waals surface area (Å²) in [7, 11) is 0. The van der Waals surface area contributed by atoms with Gasteiger partial charge in [-0.3, -0.25) is 9.20 Å². The highest BCUT2D eigenvalue weighted by Crippen LogP contribution is 2.33. The number of carbonyl (C=O) groups excluding carboxylic acids is 1. The van der Waals surface area contributed by atoms with E-state index in [0.29, 0.717) is 24.6 Å². The molecular weight excluding hydrogens is 402 g/mol. The number of pyridine rings is 1. The number of carbonyl (C=O) groups is 1. The number of anilines is 1. The van der Waals surface area contributed by atoms with E-state index < -0.39 is 0 Å². The van der Waals surface area contributed by atoms with Crippen molar-refractivity contribution in [1.82, 2.24) is 9.38 Å². The lowest BCUT2D eigenvalue weighted by Crippen LogP contribution is -2.18. The van der Waals surface area contributed by atoms with Gasteiger partial charge in [-0.1, -0.05) is 67.6 Å². The molecule has 6 heteroatoms. The molecule has 0 fully saturated rings. The number of nitrogens with one attached hydrogen (secondary N) is 1. The van der Waals surface area contributed by atoms with Crippen molar-refractivity contribution in [3.05, 3.63) is 95.8 Å². The molecule has 0 saturated heterocycles. The first-order valence-corrected chi connectivity index (χ1v) is 10.8. The van der Waals surface area contributed by atoms with Crippen LogP contribution in [0.25, 0.3) is 5.65 Å². The summed E-state index contributed by atoms with van der Waals surface area (Å²) in [6.45, 7) is 4.76. The number of imidazole rings is 1. The van der Waals surface area contributed by atoms with Crippen LogP contribution in [0.2, 0.25) is 0 Å². The molecule has 1 N–H and O–H groups in total. The van der Waals surface area contributed by atoms with Crippen molar-refractivity contribution in [2.24, 2.45) is 0 Å².